The maximum atomic E-state index is 11.3. The third-order valence-electron chi connectivity index (χ3n) is 4.70. The summed E-state index contributed by atoms with van der Waals surface area (Å²) in [6.45, 7) is 2.59. The van der Waals surface area contributed by atoms with E-state index in [9.17, 15) is 9.90 Å². The molecule has 3 heterocycles. The molecule has 0 aliphatic carbocycles. The lowest BCUT2D eigenvalue weighted by Crippen LogP contribution is -2.33. The van der Waals surface area contributed by atoms with Gasteiger partial charge in [0, 0.05) is 25.6 Å². The van der Waals surface area contributed by atoms with Gasteiger partial charge in [-0.25, -0.2) is 5.10 Å². The first-order valence-electron chi connectivity index (χ1n) is 9.12. The highest BCUT2D eigenvalue weighted by molar-refractivity contribution is 5.83. The van der Waals surface area contributed by atoms with Gasteiger partial charge in [-0.05, 0) is 18.9 Å². The first-order valence-corrected chi connectivity index (χ1v) is 9.12. The van der Waals surface area contributed by atoms with E-state index in [1.807, 2.05) is 23.1 Å². The molecule has 0 saturated carbocycles. The van der Waals surface area contributed by atoms with Crippen molar-refractivity contribution in [3.8, 4) is 5.75 Å². The lowest BCUT2D eigenvalue weighted by Gasteiger charge is -2.23. The number of carbonyl (C=O) groups excluding carboxylic acids is 1. The summed E-state index contributed by atoms with van der Waals surface area (Å²) in [5, 5.41) is 23.5. The van der Waals surface area contributed by atoms with Crippen molar-refractivity contribution in [2.45, 2.75) is 32.4 Å². The zero-order chi connectivity index (χ0) is 19.5. The molecule has 1 atom stereocenters. The molecule has 4 rings (SSSR count). The normalized spacial score (nSPS) is 16.5. The summed E-state index contributed by atoms with van der Waals surface area (Å²) in [7, 11) is 0. The molecule has 10 nitrogen and oxygen atoms in total. The number of esters is 1. The average molecular weight is 383 g/mol. The molecular formula is C18H21N7O3. The van der Waals surface area contributed by atoms with Gasteiger partial charge in [0.2, 0.25) is 5.95 Å². The highest BCUT2D eigenvalue weighted by atomic mass is 16.5. The van der Waals surface area contributed by atoms with Gasteiger partial charge < -0.3 is 20.1 Å². The van der Waals surface area contributed by atoms with Crippen LogP contribution in [0.25, 0.3) is 11.2 Å². The maximum Gasteiger partial charge on any atom is 0.308 e. The zero-order valence-electron chi connectivity index (χ0n) is 15.4. The number of ether oxygens (including phenoxy) is 1. The summed E-state index contributed by atoms with van der Waals surface area (Å²) < 4.78 is 5.26. The molecule has 146 valence electrons. The van der Waals surface area contributed by atoms with Crippen molar-refractivity contribution in [3.63, 3.8) is 0 Å². The summed E-state index contributed by atoms with van der Waals surface area (Å²) >= 11 is 0. The number of para-hydroxylation sites is 1. The smallest absolute Gasteiger partial charge is 0.308 e. The van der Waals surface area contributed by atoms with Crippen LogP contribution in [-0.4, -0.2) is 55.6 Å². The Morgan fingerprint density at radius 1 is 1.39 bits per heavy atom. The van der Waals surface area contributed by atoms with Gasteiger partial charge >= 0.3 is 5.97 Å². The van der Waals surface area contributed by atoms with Gasteiger partial charge in [-0.2, -0.15) is 9.97 Å². The molecule has 1 fully saturated rings. The summed E-state index contributed by atoms with van der Waals surface area (Å²) in [6, 6.07) is 7.30. The van der Waals surface area contributed by atoms with Crippen molar-refractivity contribution in [1.29, 1.82) is 0 Å². The number of aromatic nitrogens is 5. The van der Waals surface area contributed by atoms with Gasteiger partial charge in [-0.3, -0.25) is 4.79 Å². The lowest BCUT2D eigenvalue weighted by molar-refractivity contribution is -0.131. The van der Waals surface area contributed by atoms with Crippen LogP contribution in [0.2, 0.25) is 0 Å². The molecule has 1 aliphatic rings. The fourth-order valence-corrected chi connectivity index (χ4v) is 3.36. The standard InChI is InChI=1S/C18H21N7O3/c1-11(27)28-14-7-3-2-5-12(14)9-19-16-15-17(23-24-22-15)21-18(20-16)25-8-4-6-13(25)10-26/h2-3,5,7,13,26H,4,6,8-10H2,1H3,(H2,19,20,21,22,23,24)/t13-/m1/s1. The fourth-order valence-electron chi connectivity index (χ4n) is 3.36. The molecule has 2 aromatic heterocycles. The largest absolute Gasteiger partial charge is 0.426 e. The van der Waals surface area contributed by atoms with Crippen LogP contribution >= 0.6 is 0 Å². The van der Waals surface area contributed by atoms with E-state index in [1.165, 1.54) is 6.92 Å². The summed E-state index contributed by atoms with van der Waals surface area (Å²) in [4.78, 5) is 22.4. The predicted octanol–water partition coefficient (Wildman–Crippen LogP) is 1.25. The third-order valence-corrected chi connectivity index (χ3v) is 4.70. The van der Waals surface area contributed by atoms with Crippen LogP contribution in [0, 0.1) is 0 Å². The van der Waals surface area contributed by atoms with Crippen LogP contribution in [0.5, 0.6) is 5.75 Å². The molecule has 0 radical (unpaired) electrons. The quantitative estimate of drug-likeness (QED) is 0.425. The van der Waals surface area contributed by atoms with Crippen LogP contribution in [0.15, 0.2) is 24.3 Å². The van der Waals surface area contributed by atoms with E-state index < -0.39 is 0 Å². The molecular weight excluding hydrogens is 362 g/mol. The van der Waals surface area contributed by atoms with E-state index in [1.54, 1.807) is 6.07 Å². The second-order valence-electron chi connectivity index (χ2n) is 6.61. The molecule has 0 bridgehead atoms. The summed E-state index contributed by atoms with van der Waals surface area (Å²) in [5.41, 5.74) is 1.85. The number of nitrogens with zero attached hydrogens (tertiary/aromatic N) is 5. The van der Waals surface area contributed by atoms with Crippen LogP contribution in [0.3, 0.4) is 0 Å². The van der Waals surface area contributed by atoms with Gasteiger partial charge in [-0.1, -0.05) is 23.4 Å². The van der Waals surface area contributed by atoms with E-state index in [0.717, 1.165) is 24.9 Å². The van der Waals surface area contributed by atoms with Crippen LogP contribution in [0.1, 0.15) is 25.3 Å². The second kappa shape index (κ2) is 7.77. The number of hydrogen-bond donors (Lipinski definition) is 3. The molecule has 1 saturated heterocycles. The number of anilines is 2. The monoisotopic (exact) mass is 383 g/mol. The average Bonchev–Trinajstić information content (AvgIpc) is 3.35. The molecule has 0 unspecified atom stereocenters. The zero-order valence-corrected chi connectivity index (χ0v) is 15.4. The molecule has 10 heteroatoms. The van der Waals surface area contributed by atoms with Gasteiger partial charge in [0.25, 0.3) is 0 Å². The number of aliphatic hydroxyl groups is 1. The molecule has 0 spiro atoms. The van der Waals surface area contributed by atoms with Crippen molar-refractivity contribution >= 4 is 28.9 Å². The Morgan fingerprint density at radius 2 is 2.25 bits per heavy atom. The Morgan fingerprint density at radius 3 is 3.07 bits per heavy atom. The second-order valence-corrected chi connectivity index (χ2v) is 6.61. The first-order chi connectivity index (χ1) is 13.7. The Labute approximate surface area is 160 Å². The number of benzene rings is 1. The number of fused-ring (bicyclic) bond motifs is 1. The number of aromatic amines is 1. The molecule has 1 aromatic carbocycles. The molecule has 28 heavy (non-hydrogen) atoms. The number of hydrogen-bond acceptors (Lipinski definition) is 9. The van der Waals surface area contributed by atoms with E-state index in [-0.39, 0.29) is 18.6 Å². The molecule has 1 aliphatic heterocycles. The van der Waals surface area contributed by atoms with Crippen molar-refractivity contribution in [2.75, 3.05) is 23.4 Å². The van der Waals surface area contributed by atoms with E-state index >= 15 is 0 Å². The molecule has 0 amide bonds. The number of H-pyrrole nitrogens is 1. The topological polar surface area (TPSA) is 129 Å². The van der Waals surface area contributed by atoms with E-state index in [2.05, 4.69) is 30.7 Å². The SMILES string of the molecule is CC(=O)Oc1ccccc1CNc1nc(N2CCC[C@@H]2CO)nc2[nH]nnc12. The summed E-state index contributed by atoms with van der Waals surface area (Å²) in [6.07, 6.45) is 1.88. The van der Waals surface area contributed by atoms with Crippen molar-refractivity contribution < 1.29 is 14.6 Å². The lowest BCUT2D eigenvalue weighted by atomic mass is 10.2. The first kappa shape index (κ1) is 18.1. The number of carbonyl (C=O) groups is 1. The van der Waals surface area contributed by atoms with Gasteiger partial charge in [0.1, 0.15) is 5.75 Å². The van der Waals surface area contributed by atoms with Crippen molar-refractivity contribution in [2.24, 2.45) is 0 Å². The third kappa shape index (κ3) is 3.58. The highest BCUT2D eigenvalue weighted by Crippen LogP contribution is 2.27. The summed E-state index contributed by atoms with van der Waals surface area (Å²) in [5.74, 6) is 1.16. The maximum absolute atomic E-state index is 11.3. The Kier molecular flexibility index (Phi) is 5.02. The van der Waals surface area contributed by atoms with E-state index in [0.29, 0.717) is 35.2 Å². The van der Waals surface area contributed by atoms with Crippen LogP contribution in [-0.2, 0) is 11.3 Å². The Hall–Kier alpha value is -3.27. The fraction of sp³-hybridized carbons (Fsp3) is 0.389. The Bertz CT molecular complexity index is 990. The molecule has 3 aromatic rings. The van der Waals surface area contributed by atoms with Gasteiger partial charge in [0.05, 0.1) is 12.6 Å². The van der Waals surface area contributed by atoms with Crippen LogP contribution < -0.4 is 15.0 Å². The minimum Gasteiger partial charge on any atom is -0.426 e. The predicted molar refractivity (Wildman–Crippen MR) is 102 cm³/mol. The minimum atomic E-state index is -0.375. The molecule has 3 N–H and O–H groups in total. The van der Waals surface area contributed by atoms with E-state index in [4.69, 9.17) is 4.74 Å². The van der Waals surface area contributed by atoms with Crippen molar-refractivity contribution in [3.05, 3.63) is 29.8 Å². The van der Waals surface area contributed by atoms with Gasteiger partial charge in [0.15, 0.2) is 17.0 Å². The van der Waals surface area contributed by atoms with Crippen molar-refractivity contribution in [1.82, 2.24) is 25.4 Å². The van der Waals surface area contributed by atoms with Gasteiger partial charge in [-0.15, -0.1) is 5.10 Å². The highest BCUT2D eigenvalue weighted by Gasteiger charge is 2.27. The minimum absolute atomic E-state index is 0.00544. The number of nitrogens with one attached hydrogen (secondary N) is 2. The number of aliphatic hydroxyl groups excluding tert-OH is 1. The number of rotatable bonds is 6. The van der Waals surface area contributed by atoms with Crippen LogP contribution in [0.4, 0.5) is 11.8 Å². The Balaban J connectivity index is 1.62.